The fourth-order valence-electron chi connectivity index (χ4n) is 2.52. The summed E-state index contributed by atoms with van der Waals surface area (Å²) in [5.41, 5.74) is -0.753. The monoisotopic (exact) mass is 270 g/mol. The summed E-state index contributed by atoms with van der Waals surface area (Å²) in [7, 11) is 0. The first-order chi connectivity index (χ1) is 8.91. The predicted octanol–water partition coefficient (Wildman–Crippen LogP) is 2.37. The molecule has 0 aromatic rings. The van der Waals surface area contributed by atoms with Crippen LogP contribution in [0, 0.1) is 11.3 Å². The summed E-state index contributed by atoms with van der Waals surface area (Å²) in [5, 5.41) is 14.9. The highest BCUT2D eigenvalue weighted by Crippen LogP contribution is 2.37. The topological polar surface area (TPSA) is 78.4 Å². The first-order valence-electron chi connectivity index (χ1n) is 7.19. The van der Waals surface area contributed by atoms with Gasteiger partial charge in [-0.2, -0.15) is 0 Å². The minimum Gasteiger partial charge on any atom is -0.481 e. The largest absolute Gasteiger partial charge is 0.481 e. The van der Waals surface area contributed by atoms with Gasteiger partial charge in [-0.05, 0) is 25.7 Å². The van der Waals surface area contributed by atoms with E-state index in [4.69, 9.17) is 0 Å². The fraction of sp³-hybridized carbons (Fsp3) is 0.857. The molecule has 0 aliphatic heterocycles. The highest BCUT2D eigenvalue weighted by molar-refractivity contribution is 5.78. The average Bonchev–Trinajstić information content (AvgIpc) is 2.85. The molecule has 0 aromatic heterocycles. The molecule has 2 unspecified atom stereocenters. The average molecular weight is 270 g/mol. The second-order valence-electron chi connectivity index (χ2n) is 5.79. The van der Waals surface area contributed by atoms with Crippen LogP contribution in [0.15, 0.2) is 0 Å². The molecule has 1 aliphatic carbocycles. The molecule has 1 fully saturated rings. The molecule has 2 amide bonds. The van der Waals surface area contributed by atoms with Crippen LogP contribution in [0.1, 0.15) is 52.9 Å². The Morgan fingerprint density at radius 2 is 1.84 bits per heavy atom. The standard InChI is InChI=1S/C14H26N2O3/c1-4-10(2)11(3)16-13(19)15-9-14(12(17)18)7-5-6-8-14/h10-11H,4-9H2,1-3H3,(H,17,18)(H2,15,16,19). The van der Waals surface area contributed by atoms with Crippen molar-refractivity contribution in [3.63, 3.8) is 0 Å². The molecule has 0 saturated heterocycles. The molecule has 5 nitrogen and oxygen atoms in total. The van der Waals surface area contributed by atoms with Crippen molar-refractivity contribution in [1.82, 2.24) is 10.6 Å². The smallest absolute Gasteiger partial charge is 0.315 e. The van der Waals surface area contributed by atoms with E-state index in [0.717, 1.165) is 19.3 Å². The highest BCUT2D eigenvalue weighted by atomic mass is 16.4. The fourth-order valence-corrected chi connectivity index (χ4v) is 2.52. The molecular formula is C14H26N2O3. The molecule has 5 heteroatoms. The van der Waals surface area contributed by atoms with E-state index in [-0.39, 0.29) is 18.6 Å². The van der Waals surface area contributed by atoms with E-state index in [2.05, 4.69) is 24.5 Å². The number of carboxylic acids is 1. The van der Waals surface area contributed by atoms with Crippen molar-refractivity contribution in [2.24, 2.45) is 11.3 Å². The number of rotatable bonds is 6. The first kappa shape index (κ1) is 15.8. The molecule has 0 spiro atoms. The molecule has 1 rings (SSSR count). The third-order valence-corrected chi connectivity index (χ3v) is 4.46. The van der Waals surface area contributed by atoms with Crippen LogP contribution in [-0.2, 0) is 4.79 Å². The van der Waals surface area contributed by atoms with E-state index in [1.807, 2.05) is 6.92 Å². The lowest BCUT2D eigenvalue weighted by molar-refractivity contribution is -0.148. The van der Waals surface area contributed by atoms with Gasteiger partial charge in [0.05, 0.1) is 5.41 Å². The predicted molar refractivity (Wildman–Crippen MR) is 74.0 cm³/mol. The maximum Gasteiger partial charge on any atom is 0.315 e. The summed E-state index contributed by atoms with van der Waals surface area (Å²) in [4.78, 5) is 23.1. The van der Waals surface area contributed by atoms with Crippen molar-refractivity contribution >= 4 is 12.0 Å². The van der Waals surface area contributed by atoms with Gasteiger partial charge in [-0.3, -0.25) is 4.79 Å². The molecule has 0 aromatic carbocycles. The molecule has 19 heavy (non-hydrogen) atoms. The Morgan fingerprint density at radius 3 is 2.32 bits per heavy atom. The zero-order chi connectivity index (χ0) is 14.5. The zero-order valence-electron chi connectivity index (χ0n) is 12.2. The van der Waals surface area contributed by atoms with Crippen LogP contribution in [0.4, 0.5) is 4.79 Å². The van der Waals surface area contributed by atoms with Crippen molar-refractivity contribution in [2.45, 2.75) is 58.9 Å². The van der Waals surface area contributed by atoms with Gasteiger partial charge >= 0.3 is 12.0 Å². The number of urea groups is 1. The Labute approximate surface area is 115 Å². The highest BCUT2D eigenvalue weighted by Gasteiger charge is 2.41. The van der Waals surface area contributed by atoms with Crippen LogP contribution in [0.5, 0.6) is 0 Å². The number of aliphatic carboxylic acids is 1. The summed E-state index contributed by atoms with van der Waals surface area (Å²) in [5.74, 6) is -0.383. The Morgan fingerprint density at radius 1 is 1.26 bits per heavy atom. The van der Waals surface area contributed by atoms with Gasteiger partial charge in [0.15, 0.2) is 0 Å². The maximum atomic E-state index is 11.8. The summed E-state index contributed by atoms with van der Waals surface area (Å²) in [6.07, 6.45) is 4.17. The molecule has 0 bridgehead atoms. The number of nitrogens with one attached hydrogen (secondary N) is 2. The van der Waals surface area contributed by atoms with Crippen LogP contribution in [-0.4, -0.2) is 29.7 Å². The van der Waals surface area contributed by atoms with Crippen LogP contribution in [0.3, 0.4) is 0 Å². The third kappa shape index (κ3) is 4.11. The first-order valence-corrected chi connectivity index (χ1v) is 7.19. The van der Waals surface area contributed by atoms with E-state index in [0.29, 0.717) is 18.8 Å². The Kier molecular flexibility index (Phi) is 5.63. The van der Waals surface area contributed by atoms with Gasteiger partial charge in [-0.1, -0.05) is 33.1 Å². The number of carbonyl (C=O) groups is 2. The van der Waals surface area contributed by atoms with Gasteiger partial charge in [0.1, 0.15) is 0 Å². The maximum absolute atomic E-state index is 11.8. The van der Waals surface area contributed by atoms with E-state index in [1.165, 1.54) is 0 Å². The van der Waals surface area contributed by atoms with E-state index >= 15 is 0 Å². The lowest BCUT2D eigenvalue weighted by Gasteiger charge is -2.25. The summed E-state index contributed by atoms with van der Waals surface area (Å²) >= 11 is 0. The van der Waals surface area contributed by atoms with Gasteiger partial charge in [0, 0.05) is 12.6 Å². The lowest BCUT2D eigenvalue weighted by atomic mass is 9.86. The number of carboxylic acid groups (broad SMARTS) is 1. The molecular weight excluding hydrogens is 244 g/mol. The quantitative estimate of drug-likeness (QED) is 0.693. The van der Waals surface area contributed by atoms with Gasteiger partial charge in [0.25, 0.3) is 0 Å². The van der Waals surface area contributed by atoms with E-state index < -0.39 is 11.4 Å². The number of carbonyl (C=O) groups excluding carboxylic acids is 1. The molecule has 1 saturated carbocycles. The van der Waals surface area contributed by atoms with Gasteiger partial charge in [0.2, 0.25) is 0 Å². The molecule has 0 radical (unpaired) electrons. The second-order valence-corrected chi connectivity index (χ2v) is 5.79. The SMILES string of the molecule is CCC(C)C(C)NC(=O)NCC1(C(=O)O)CCCC1. The summed E-state index contributed by atoms with van der Waals surface area (Å²) in [6, 6.07) is -0.172. The number of amides is 2. The van der Waals surface area contributed by atoms with Crippen molar-refractivity contribution in [2.75, 3.05) is 6.54 Å². The van der Waals surface area contributed by atoms with Crippen molar-refractivity contribution < 1.29 is 14.7 Å². The molecule has 110 valence electrons. The molecule has 1 aliphatic rings. The van der Waals surface area contributed by atoms with E-state index in [1.54, 1.807) is 0 Å². The summed E-state index contributed by atoms with van der Waals surface area (Å²) < 4.78 is 0. The van der Waals surface area contributed by atoms with Crippen molar-refractivity contribution in [3.05, 3.63) is 0 Å². The minimum atomic E-state index is -0.791. The van der Waals surface area contributed by atoms with Crippen molar-refractivity contribution in [1.29, 1.82) is 0 Å². The van der Waals surface area contributed by atoms with Crippen LogP contribution >= 0.6 is 0 Å². The van der Waals surface area contributed by atoms with Crippen molar-refractivity contribution in [3.8, 4) is 0 Å². The number of hydrogen-bond donors (Lipinski definition) is 3. The van der Waals surface area contributed by atoms with E-state index in [9.17, 15) is 14.7 Å². The Bertz CT molecular complexity index is 325. The van der Waals surface area contributed by atoms with Gasteiger partial charge in [-0.25, -0.2) is 4.79 Å². The number of hydrogen-bond acceptors (Lipinski definition) is 2. The summed E-state index contributed by atoms with van der Waals surface area (Å²) in [6.45, 7) is 6.36. The molecule has 3 N–H and O–H groups in total. The zero-order valence-corrected chi connectivity index (χ0v) is 12.2. The molecule has 2 atom stereocenters. The third-order valence-electron chi connectivity index (χ3n) is 4.46. The van der Waals surface area contributed by atoms with Crippen LogP contribution in [0.25, 0.3) is 0 Å². The van der Waals surface area contributed by atoms with Gasteiger partial charge in [-0.15, -0.1) is 0 Å². The molecule has 0 heterocycles. The Balaban J connectivity index is 2.43. The normalized spacial score (nSPS) is 20.6. The lowest BCUT2D eigenvalue weighted by Crippen LogP contribution is -2.48. The van der Waals surface area contributed by atoms with Gasteiger partial charge < -0.3 is 15.7 Å². The Hall–Kier alpha value is -1.26. The van der Waals surface area contributed by atoms with Crippen LogP contribution in [0.2, 0.25) is 0 Å². The van der Waals surface area contributed by atoms with Crippen LogP contribution < -0.4 is 10.6 Å². The minimum absolute atomic E-state index is 0.0920. The second kappa shape index (κ2) is 6.78.